The summed E-state index contributed by atoms with van der Waals surface area (Å²) in [6.45, 7) is 0. The van der Waals surface area contributed by atoms with E-state index in [2.05, 4.69) is 5.32 Å². The van der Waals surface area contributed by atoms with E-state index in [4.69, 9.17) is 33.0 Å². The number of carboxylic acid groups (broad SMARTS) is 1. The summed E-state index contributed by atoms with van der Waals surface area (Å²) in [7, 11) is 1.41. The Morgan fingerprint density at radius 3 is 2.43 bits per heavy atom. The van der Waals surface area contributed by atoms with Gasteiger partial charge in [-0.1, -0.05) is 23.2 Å². The molecule has 21 heavy (non-hydrogen) atoms. The molecule has 1 aromatic heterocycles. The fraction of sp³-hybridized carbons (Fsp3) is 0.0769. The molecule has 2 N–H and O–H groups in total. The van der Waals surface area contributed by atoms with Crippen LogP contribution in [0.5, 0.6) is 5.75 Å². The van der Waals surface area contributed by atoms with E-state index < -0.39 is 11.9 Å². The van der Waals surface area contributed by atoms with Gasteiger partial charge in [0.05, 0.1) is 22.7 Å². The molecule has 1 amide bonds. The molecule has 110 valence electrons. The number of carbonyl (C=O) groups is 2. The molecule has 0 saturated heterocycles. The van der Waals surface area contributed by atoms with Gasteiger partial charge >= 0.3 is 5.97 Å². The summed E-state index contributed by atoms with van der Waals surface area (Å²) in [5.41, 5.74) is 0.231. The van der Waals surface area contributed by atoms with Crippen molar-refractivity contribution >= 4 is 51.4 Å². The minimum atomic E-state index is -1.11. The van der Waals surface area contributed by atoms with E-state index >= 15 is 0 Å². The van der Waals surface area contributed by atoms with Gasteiger partial charge in [-0.05, 0) is 23.6 Å². The Kier molecular flexibility index (Phi) is 4.72. The first-order valence-electron chi connectivity index (χ1n) is 5.59. The van der Waals surface area contributed by atoms with Crippen molar-refractivity contribution in [2.75, 3.05) is 12.4 Å². The zero-order chi connectivity index (χ0) is 15.6. The molecule has 0 unspecified atom stereocenters. The Morgan fingerprint density at radius 1 is 1.29 bits per heavy atom. The number of aromatic carboxylic acids is 1. The Bertz CT molecular complexity index is 691. The second-order valence-corrected chi connectivity index (χ2v) is 5.63. The smallest absolute Gasteiger partial charge is 0.338 e. The van der Waals surface area contributed by atoms with E-state index in [1.165, 1.54) is 25.3 Å². The Balaban J connectivity index is 2.29. The van der Waals surface area contributed by atoms with Gasteiger partial charge in [-0.15, -0.1) is 11.3 Å². The van der Waals surface area contributed by atoms with Crippen LogP contribution in [0, 0.1) is 0 Å². The van der Waals surface area contributed by atoms with Crippen LogP contribution in [0.4, 0.5) is 5.00 Å². The van der Waals surface area contributed by atoms with Crippen molar-refractivity contribution in [3.63, 3.8) is 0 Å². The average molecular weight is 346 g/mol. The summed E-state index contributed by atoms with van der Waals surface area (Å²) < 4.78 is 5.00. The number of thiophene rings is 1. The highest BCUT2D eigenvalue weighted by molar-refractivity contribution is 7.14. The van der Waals surface area contributed by atoms with Gasteiger partial charge in [0, 0.05) is 5.56 Å². The average Bonchev–Trinajstić information content (AvgIpc) is 2.86. The number of hydrogen-bond acceptors (Lipinski definition) is 4. The van der Waals surface area contributed by atoms with Gasteiger partial charge in [0.25, 0.3) is 5.91 Å². The molecule has 0 atom stereocenters. The predicted octanol–water partition coefficient (Wildman–Crippen LogP) is 4.01. The maximum Gasteiger partial charge on any atom is 0.338 e. The first-order chi connectivity index (χ1) is 9.93. The van der Waals surface area contributed by atoms with Crippen LogP contribution in [-0.2, 0) is 0 Å². The van der Waals surface area contributed by atoms with Crippen LogP contribution in [0.15, 0.2) is 23.6 Å². The molecule has 2 rings (SSSR count). The topological polar surface area (TPSA) is 75.6 Å². The van der Waals surface area contributed by atoms with Crippen LogP contribution in [0.3, 0.4) is 0 Å². The molecule has 0 aliphatic carbocycles. The first-order valence-corrected chi connectivity index (χ1v) is 7.22. The number of hydrogen-bond donors (Lipinski definition) is 2. The third-order valence-corrected chi connectivity index (χ3v) is 3.98. The Labute approximate surface area is 134 Å². The maximum absolute atomic E-state index is 12.1. The Hall–Kier alpha value is -1.76. The van der Waals surface area contributed by atoms with Crippen molar-refractivity contribution in [1.29, 1.82) is 0 Å². The van der Waals surface area contributed by atoms with Crippen LogP contribution < -0.4 is 10.1 Å². The van der Waals surface area contributed by atoms with Crippen LogP contribution in [0.25, 0.3) is 0 Å². The lowest BCUT2D eigenvalue weighted by molar-refractivity contribution is 0.0698. The summed E-state index contributed by atoms with van der Waals surface area (Å²) in [5.74, 6) is -1.35. The standard InChI is InChI=1S/C13H9Cl2NO4S/c1-20-10-8(14)4-6(5-9(10)15)11(17)16-12-7(13(18)19)2-3-21-12/h2-5H,1H3,(H,16,17)(H,18,19). The SMILES string of the molecule is COc1c(Cl)cc(C(=O)Nc2sccc2C(=O)O)cc1Cl. The van der Waals surface area contributed by atoms with Crippen LogP contribution in [0.2, 0.25) is 10.0 Å². The molecular weight excluding hydrogens is 337 g/mol. The van der Waals surface area contributed by atoms with Gasteiger partial charge in [0.2, 0.25) is 0 Å². The van der Waals surface area contributed by atoms with E-state index in [1.54, 1.807) is 5.38 Å². The van der Waals surface area contributed by atoms with Crippen molar-refractivity contribution in [2.24, 2.45) is 0 Å². The van der Waals surface area contributed by atoms with E-state index in [0.29, 0.717) is 0 Å². The second-order valence-electron chi connectivity index (χ2n) is 3.90. The van der Waals surface area contributed by atoms with Crippen molar-refractivity contribution in [2.45, 2.75) is 0 Å². The molecule has 0 bridgehead atoms. The van der Waals surface area contributed by atoms with Gasteiger partial charge < -0.3 is 15.2 Å². The van der Waals surface area contributed by atoms with Crippen LogP contribution in [-0.4, -0.2) is 24.1 Å². The van der Waals surface area contributed by atoms with E-state index in [9.17, 15) is 9.59 Å². The lowest BCUT2D eigenvalue weighted by atomic mass is 10.2. The third kappa shape index (κ3) is 3.29. The highest BCUT2D eigenvalue weighted by Crippen LogP contribution is 2.34. The molecule has 0 fully saturated rings. The summed E-state index contributed by atoms with van der Waals surface area (Å²) in [4.78, 5) is 23.1. The second kappa shape index (κ2) is 6.34. The number of benzene rings is 1. The number of anilines is 1. The highest BCUT2D eigenvalue weighted by Gasteiger charge is 2.17. The molecule has 2 aromatic rings. The van der Waals surface area contributed by atoms with E-state index in [0.717, 1.165) is 11.3 Å². The van der Waals surface area contributed by atoms with E-state index in [1.807, 2.05) is 0 Å². The molecule has 0 aliphatic heterocycles. The molecule has 5 nitrogen and oxygen atoms in total. The summed E-state index contributed by atoms with van der Waals surface area (Å²) in [6.07, 6.45) is 0. The molecular formula is C13H9Cl2NO4S. The maximum atomic E-state index is 12.1. The van der Waals surface area contributed by atoms with Gasteiger partial charge in [0.1, 0.15) is 5.00 Å². The normalized spacial score (nSPS) is 10.2. The Morgan fingerprint density at radius 2 is 1.90 bits per heavy atom. The van der Waals surface area contributed by atoms with Crippen LogP contribution in [0.1, 0.15) is 20.7 Å². The first kappa shape index (κ1) is 15.6. The minimum absolute atomic E-state index is 0.0269. The predicted molar refractivity (Wildman–Crippen MR) is 82.2 cm³/mol. The number of ether oxygens (including phenoxy) is 1. The fourth-order valence-corrected chi connectivity index (χ4v) is 3.05. The fourth-order valence-electron chi connectivity index (χ4n) is 1.64. The van der Waals surface area contributed by atoms with Gasteiger partial charge in [-0.3, -0.25) is 4.79 Å². The molecule has 0 aliphatic rings. The largest absolute Gasteiger partial charge is 0.494 e. The number of carbonyl (C=O) groups excluding carboxylic acids is 1. The highest BCUT2D eigenvalue weighted by atomic mass is 35.5. The molecule has 0 spiro atoms. The third-order valence-electron chi connectivity index (χ3n) is 2.59. The summed E-state index contributed by atoms with van der Waals surface area (Å²) >= 11 is 13.0. The van der Waals surface area contributed by atoms with Crippen molar-refractivity contribution in [3.05, 3.63) is 44.8 Å². The molecule has 8 heteroatoms. The molecule has 0 radical (unpaired) electrons. The quantitative estimate of drug-likeness (QED) is 0.877. The number of halogens is 2. The number of nitrogens with one attached hydrogen (secondary N) is 1. The lowest BCUT2D eigenvalue weighted by Crippen LogP contribution is -2.13. The number of methoxy groups -OCH3 is 1. The summed E-state index contributed by atoms with van der Waals surface area (Å²) in [6, 6.07) is 4.21. The lowest BCUT2D eigenvalue weighted by Gasteiger charge is -2.09. The van der Waals surface area contributed by atoms with Gasteiger partial charge in [-0.25, -0.2) is 4.79 Å². The van der Waals surface area contributed by atoms with Crippen molar-refractivity contribution < 1.29 is 19.4 Å². The van der Waals surface area contributed by atoms with Gasteiger partial charge in [0.15, 0.2) is 5.75 Å². The van der Waals surface area contributed by atoms with E-state index in [-0.39, 0.29) is 31.9 Å². The zero-order valence-electron chi connectivity index (χ0n) is 10.6. The number of rotatable bonds is 4. The number of amides is 1. The minimum Gasteiger partial charge on any atom is -0.494 e. The van der Waals surface area contributed by atoms with Crippen LogP contribution >= 0.6 is 34.5 Å². The van der Waals surface area contributed by atoms with Gasteiger partial charge in [-0.2, -0.15) is 0 Å². The van der Waals surface area contributed by atoms with Crippen molar-refractivity contribution in [3.8, 4) is 5.75 Å². The van der Waals surface area contributed by atoms with Crippen molar-refractivity contribution in [1.82, 2.24) is 0 Å². The molecule has 1 aromatic carbocycles. The summed E-state index contributed by atoms with van der Waals surface area (Å²) in [5, 5.41) is 13.7. The number of carboxylic acids is 1. The monoisotopic (exact) mass is 345 g/mol. The molecule has 0 saturated carbocycles. The zero-order valence-corrected chi connectivity index (χ0v) is 13.0. The molecule has 1 heterocycles.